The number of hydrogen-bond acceptors (Lipinski definition) is 4. The Balaban J connectivity index is 1.92. The van der Waals surface area contributed by atoms with Gasteiger partial charge in [0.15, 0.2) is 6.61 Å². The summed E-state index contributed by atoms with van der Waals surface area (Å²) < 4.78 is 10.4. The van der Waals surface area contributed by atoms with Crippen LogP contribution >= 0.6 is 0 Å². The lowest BCUT2D eigenvalue weighted by Crippen LogP contribution is -2.31. The largest absolute Gasteiger partial charge is 0.496 e. The topological polar surface area (TPSA) is 55.8 Å². The number of carbonyl (C=O) groups excluding carboxylic acids is 2. The van der Waals surface area contributed by atoms with Crippen molar-refractivity contribution in [1.82, 2.24) is 4.90 Å². The number of methoxy groups -OCH3 is 1. The Morgan fingerprint density at radius 3 is 2.44 bits per heavy atom. The van der Waals surface area contributed by atoms with Gasteiger partial charge in [-0.1, -0.05) is 24.3 Å². The van der Waals surface area contributed by atoms with E-state index >= 15 is 0 Å². The second-order valence-electron chi connectivity index (χ2n) is 5.94. The maximum atomic E-state index is 12.2. The van der Waals surface area contributed by atoms with Crippen molar-refractivity contribution in [2.45, 2.75) is 20.4 Å². The monoisotopic (exact) mass is 341 g/mol. The first kappa shape index (κ1) is 18.5. The van der Waals surface area contributed by atoms with Crippen molar-refractivity contribution >= 4 is 11.9 Å². The van der Waals surface area contributed by atoms with Gasteiger partial charge in [0.2, 0.25) is 0 Å². The van der Waals surface area contributed by atoms with Crippen molar-refractivity contribution in [3.8, 4) is 5.75 Å². The second kappa shape index (κ2) is 8.33. The summed E-state index contributed by atoms with van der Waals surface area (Å²) in [5, 5.41) is 0. The zero-order valence-electron chi connectivity index (χ0n) is 15.0. The molecule has 0 aliphatic carbocycles. The highest BCUT2D eigenvalue weighted by Crippen LogP contribution is 2.18. The molecule has 0 saturated carbocycles. The van der Waals surface area contributed by atoms with Gasteiger partial charge in [-0.2, -0.15) is 0 Å². The number of ether oxygens (including phenoxy) is 2. The van der Waals surface area contributed by atoms with Gasteiger partial charge >= 0.3 is 5.97 Å². The van der Waals surface area contributed by atoms with Crippen LogP contribution < -0.4 is 4.74 Å². The minimum absolute atomic E-state index is 0.275. The van der Waals surface area contributed by atoms with Crippen LogP contribution in [0.2, 0.25) is 0 Å². The lowest BCUT2D eigenvalue weighted by atomic mass is 10.1. The van der Waals surface area contributed by atoms with E-state index in [0.29, 0.717) is 17.9 Å². The molecule has 2 rings (SSSR count). The van der Waals surface area contributed by atoms with Crippen molar-refractivity contribution < 1.29 is 19.1 Å². The first-order chi connectivity index (χ1) is 11.9. The van der Waals surface area contributed by atoms with Gasteiger partial charge in [-0.15, -0.1) is 0 Å². The molecule has 0 fully saturated rings. The molecule has 0 N–H and O–H groups in total. The molecule has 0 unspecified atom stereocenters. The molecule has 5 nitrogen and oxygen atoms in total. The van der Waals surface area contributed by atoms with Crippen LogP contribution in [0.25, 0.3) is 0 Å². The quantitative estimate of drug-likeness (QED) is 0.758. The van der Waals surface area contributed by atoms with Crippen LogP contribution in [-0.4, -0.2) is 37.5 Å². The molecular formula is C20H23NO4. The molecule has 0 bridgehead atoms. The number of nitrogens with zero attached hydrogens (tertiary/aromatic N) is 1. The highest BCUT2D eigenvalue weighted by Gasteiger charge is 2.15. The van der Waals surface area contributed by atoms with Gasteiger partial charge < -0.3 is 14.4 Å². The standard InChI is InChI=1S/C20H23NO4/c1-14-9-10-16(11-15(14)2)20(23)25-13-19(22)21(3)12-17-7-5-6-8-18(17)24-4/h5-11H,12-13H2,1-4H3. The number of likely N-dealkylation sites (N-methyl/N-ethyl adjacent to an activating group) is 1. The molecule has 5 heteroatoms. The van der Waals surface area contributed by atoms with Gasteiger partial charge in [0, 0.05) is 19.2 Å². The highest BCUT2D eigenvalue weighted by atomic mass is 16.5. The van der Waals surface area contributed by atoms with Crippen LogP contribution in [0.5, 0.6) is 5.75 Å². The fraction of sp³-hybridized carbons (Fsp3) is 0.300. The van der Waals surface area contributed by atoms with Crippen LogP contribution in [-0.2, 0) is 16.1 Å². The van der Waals surface area contributed by atoms with E-state index in [1.807, 2.05) is 44.2 Å². The Morgan fingerprint density at radius 2 is 1.76 bits per heavy atom. The Hall–Kier alpha value is -2.82. The molecule has 0 radical (unpaired) electrons. The molecule has 0 aliphatic rings. The number of rotatable bonds is 6. The molecule has 0 atom stereocenters. The third-order valence-electron chi connectivity index (χ3n) is 4.10. The smallest absolute Gasteiger partial charge is 0.338 e. The van der Waals surface area contributed by atoms with Gasteiger partial charge in [-0.25, -0.2) is 4.79 Å². The van der Waals surface area contributed by atoms with E-state index in [1.165, 1.54) is 4.90 Å². The molecule has 25 heavy (non-hydrogen) atoms. The Bertz CT molecular complexity index is 770. The zero-order valence-corrected chi connectivity index (χ0v) is 15.0. The van der Waals surface area contributed by atoms with E-state index in [9.17, 15) is 9.59 Å². The van der Waals surface area contributed by atoms with E-state index in [2.05, 4.69) is 0 Å². The summed E-state index contributed by atoms with van der Waals surface area (Å²) in [4.78, 5) is 25.8. The Morgan fingerprint density at radius 1 is 1.04 bits per heavy atom. The molecule has 0 spiro atoms. The van der Waals surface area contributed by atoms with Crippen molar-refractivity contribution in [2.75, 3.05) is 20.8 Å². The molecule has 1 amide bonds. The minimum Gasteiger partial charge on any atom is -0.496 e. The number of para-hydroxylation sites is 1. The van der Waals surface area contributed by atoms with E-state index in [1.54, 1.807) is 26.3 Å². The number of aryl methyl sites for hydroxylation is 2. The summed E-state index contributed by atoms with van der Waals surface area (Å²) in [7, 11) is 3.25. The van der Waals surface area contributed by atoms with Gasteiger partial charge in [-0.3, -0.25) is 4.79 Å². The van der Waals surface area contributed by atoms with Crippen LogP contribution in [0.3, 0.4) is 0 Å². The Labute approximate surface area is 148 Å². The first-order valence-electron chi connectivity index (χ1n) is 8.02. The molecule has 2 aromatic rings. The van der Waals surface area contributed by atoms with Crippen LogP contribution in [0.1, 0.15) is 27.0 Å². The number of esters is 1. The first-order valence-corrected chi connectivity index (χ1v) is 8.02. The molecule has 0 aromatic heterocycles. The predicted octanol–water partition coefficient (Wildman–Crippen LogP) is 3.13. The lowest BCUT2D eigenvalue weighted by Gasteiger charge is -2.18. The molecular weight excluding hydrogens is 318 g/mol. The number of hydrogen-bond donors (Lipinski definition) is 0. The van der Waals surface area contributed by atoms with Gasteiger partial charge in [-0.05, 0) is 43.2 Å². The van der Waals surface area contributed by atoms with E-state index in [4.69, 9.17) is 9.47 Å². The average molecular weight is 341 g/mol. The maximum Gasteiger partial charge on any atom is 0.338 e. The van der Waals surface area contributed by atoms with E-state index < -0.39 is 5.97 Å². The fourth-order valence-electron chi connectivity index (χ4n) is 2.37. The van der Waals surface area contributed by atoms with Crippen LogP contribution in [0.4, 0.5) is 0 Å². The summed E-state index contributed by atoms with van der Waals surface area (Å²) in [6.45, 7) is 3.99. The van der Waals surface area contributed by atoms with Crippen molar-refractivity contribution in [3.05, 3.63) is 64.7 Å². The van der Waals surface area contributed by atoms with Crippen molar-refractivity contribution in [3.63, 3.8) is 0 Å². The van der Waals surface area contributed by atoms with Crippen LogP contribution in [0, 0.1) is 13.8 Å². The zero-order chi connectivity index (χ0) is 18.4. The number of benzene rings is 2. The van der Waals surface area contributed by atoms with Crippen LogP contribution in [0.15, 0.2) is 42.5 Å². The normalized spacial score (nSPS) is 10.2. The van der Waals surface area contributed by atoms with Crippen molar-refractivity contribution in [2.24, 2.45) is 0 Å². The molecule has 0 heterocycles. The minimum atomic E-state index is -0.498. The molecule has 132 valence electrons. The van der Waals surface area contributed by atoms with E-state index in [-0.39, 0.29) is 12.5 Å². The summed E-state index contributed by atoms with van der Waals surface area (Å²) in [5.41, 5.74) is 3.45. The SMILES string of the molecule is COc1ccccc1CN(C)C(=O)COC(=O)c1ccc(C)c(C)c1. The third-order valence-corrected chi connectivity index (χ3v) is 4.10. The molecule has 2 aromatic carbocycles. The van der Waals surface area contributed by atoms with Crippen molar-refractivity contribution in [1.29, 1.82) is 0 Å². The summed E-state index contributed by atoms with van der Waals surface area (Å²) >= 11 is 0. The Kier molecular flexibility index (Phi) is 6.17. The third kappa shape index (κ3) is 4.83. The molecule has 0 saturated heterocycles. The summed E-state index contributed by atoms with van der Waals surface area (Å²) in [6.07, 6.45) is 0. The number of carbonyl (C=O) groups is 2. The highest BCUT2D eigenvalue weighted by molar-refractivity contribution is 5.91. The predicted molar refractivity (Wildman–Crippen MR) is 95.7 cm³/mol. The van der Waals surface area contributed by atoms with Gasteiger partial charge in [0.25, 0.3) is 5.91 Å². The fourth-order valence-corrected chi connectivity index (χ4v) is 2.37. The summed E-state index contributed by atoms with van der Waals surface area (Å²) in [5.74, 6) is -0.0560. The molecule has 0 aliphatic heterocycles. The lowest BCUT2D eigenvalue weighted by molar-refractivity contribution is -0.133. The van der Waals surface area contributed by atoms with E-state index in [0.717, 1.165) is 16.7 Å². The average Bonchev–Trinajstić information content (AvgIpc) is 2.62. The summed E-state index contributed by atoms with van der Waals surface area (Å²) in [6, 6.07) is 12.8. The van der Waals surface area contributed by atoms with Gasteiger partial charge in [0.1, 0.15) is 5.75 Å². The maximum absolute atomic E-state index is 12.2. The second-order valence-corrected chi connectivity index (χ2v) is 5.94. The van der Waals surface area contributed by atoms with Gasteiger partial charge in [0.05, 0.1) is 12.7 Å². The number of amides is 1.